The molecule has 9 heteroatoms. The number of nitrogens with one attached hydrogen (secondary N) is 1. The van der Waals surface area contributed by atoms with E-state index in [1.807, 2.05) is 27.2 Å². The Morgan fingerprint density at radius 1 is 0.486 bits per heavy atom. The number of carbonyl (C=O) groups is 1. The Kier molecular flexibility index (Phi) is 52.5. The number of phosphoric ester groups is 1. The molecule has 0 aliphatic rings. The Morgan fingerprint density at radius 2 is 0.771 bits per heavy atom. The number of likely N-dealkylation sites (N-methyl/N-ethyl adjacent to an activating group) is 1. The Balaban J connectivity index is 3.86. The SMILES string of the molecule is CCCCCCCCCCCC/C=C/C(O)C(COP(=O)([O-])OCC[N+](C)(C)C)NC(=O)CCCCCCCCCCCCCCCCCCCCCCCCCCCCCCCCCCCCCC. The summed E-state index contributed by atoms with van der Waals surface area (Å²) < 4.78 is 23.3. The summed E-state index contributed by atoms with van der Waals surface area (Å²) in [4.78, 5) is 25.4. The predicted molar refractivity (Wildman–Crippen MR) is 302 cm³/mol. The molecule has 0 heterocycles. The van der Waals surface area contributed by atoms with E-state index in [4.69, 9.17) is 9.05 Å². The van der Waals surface area contributed by atoms with Gasteiger partial charge in [0.05, 0.1) is 39.9 Å². The maximum Gasteiger partial charge on any atom is 0.268 e. The number of hydrogen-bond acceptors (Lipinski definition) is 6. The molecule has 0 aliphatic carbocycles. The molecular formula is C61H123N2O6P. The maximum absolute atomic E-state index is 12.9. The van der Waals surface area contributed by atoms with Gasteiger partial charge in [-0.05, 0) is 19.3 Å². The molecule has 0 spiro atoms. The lowest BCUT2D eigenvalue weighted by Crippen LogP contribution is -2.45. The number of unbranched alkanes of at least 4 members (excludes halogenated alkanes) is 45. The van der Waals surface area contributed by atoms with Crippen LogP contribution < -0.4 is 10.2 Å². The molecule has 1 amide bonds. The Labute approximate surface area is 437 Å². The summed E-state index contributed by atoms with van der Waals surface area (Å²) in [6.45, 7) is 4.68. The summed E-state index contributed by atoms with van der Waals surface area (Å²) in [7, 11) is 1.28. The third-order valence-electron chi connectivity index (χ3n) is 14.5. The number of carbonyl (C=O) groups excluding carboxylic acids is 1. The van der Waals surface area contributed by atoms with Crippen molar-refractivity contribution in [3.05, 3.63) is 12.2 Å². The largest absolute Gasteiger partial charge is 0.756 e. The molecule has 3 unspecified atom stereocenters. The van der Waals surface area contributed by atoms with E-state index >= 15 is 0 Å². The van der Waals surface area contributed by atoms with E-state index in [-0.39, 0.29) is 19.1 Å². The molecule has 3 atom stereocenters. The summed E-state index contributed by atoms with van der Waals surface area (Å²) in [6, 6.07) is -0.881. The van der Waals surface area contributed by atoms with Crippen molar-refractivity contribution in [2.45, 2.75) is 334 Å². The quantitative estimate of drug-likeness (QED) is 0.0272. The highest BCUT2D eigenvalue weighted by atomic mass is 31.2. The average Bonchev–Trinajstić information content (AvgIpc) is 3.32. The lowest BCUT2D eigenvalue weighted by molar-refractivity contribution is -0.870. The molecule has 0 radical (unpaired) electrons. The van der Waals surface area contributed by atoms with Gasteiger partial charge in [0, 0.05) is 6.42 Å². The minimum absolute atomic E-state index is 0.00236. The standard InChI is InChI=1S/C61H123N2O6P/c1-6-8-10-12-14-16-18-20-21-22-23-24-25-26-27-28-29-30-31-32-33-34-35-36-37-38-39-40-41-42-43-45-47-49-51-53-55-61(65)62-59(58-69-70(66,67)68-57-56-63(3,4)5)60(64)54-52-50-48-46-44-19-17-15-13-11-9-7-2/h52,54,59-60,64H,6-51,53,55-58H2,1-5H3,(H-,62,65,66,67)/b54-52+. The Morgan fingerprint density at radius 3 is 1.07 bits per heavy atom. The van der Waals surface area contributed by atoms with Crippen molar-refractivity contribution in [3.63, 3.8) is 0 Å². The fourth-order valence-corrected chi connectivity index (χ4v) is 10.4. The number of quaternary nitrogens is 1. The third-order valence-corrected chi connectivity index (χ3v) is 15.5. The molecule has 0 aliphatic heterocycles. The molecule has 2 N–H and O–H groups in total. The van der Waals surface area contributed by atoms with Gasteiger partial charge < -0.3 is 28.8 Å². The van der Waals surface area contributed by atoms with Gasteiger partial charge >= 0.3 is 0 Å². The van der Waals surface area contributed by atoms with Gasteiger partial charge in [-0.1, -0.05) is 309 Å². The van der Waals surface area contributed by atoms with E-state index in [1.165, 1.54) is 263 Å². The van der Waals surface area contributed by atoms with Gasteiger partial charge in [-0.25, -0.2) is 0 Å². The molecule has 0 aromatic heterocycles. The van der Waals surface area contributed by atoms with Crippen molar-refractivity contribution in [2.24, 2.45) is 0 Å². The molecule has 8 nitrogen and oxygen atoms in total. The molecule has 0 saturated carbocycles. The lowest BCUT2D eigenvalue weighted by Gasteiger charge is -2.29. The minimum atomic E-state index is -4.59. The summed E-state index contributed by atoms with van der Waals surface area (Å²) in [5.74, 6) is -0.191. The second-order valence-corrected chi connectivity index (χ2v) is 24.2. The Hall–Kier alpha value is -0.760. The molecule has 0 bridgehead atoms. The van der Waals surface area contributed by atoms with Gasteiger partial charge in [0.25, 0.3) is 7.82 Å². The first-order chi connectivity index (χ1) is 34.0. The second-order valence-electron chi connectivity index (χ2n) is 22.8. The zero-order chi connectivity index (χ0) is 51.3. The molecule has 418 valence electrons. The van der Waals surface area contributed by atoms with Crippen molar-refractivity contribution in [2.75, 3.05) is 40.9 Å². The fourth-order valence-electron chi connectivity index (χ4n) is 9.63. The smallest absolute Gasteiger partial charge is 0.268 e. The zero-order valence-electron chi connectivity index (χ0n) is 47.8. The van der Waals surface area contributed by atoms with Crippen LogP contribution in [0.1, 0.15) is 322 Å². The van der Waals surface area contributed by atoms with E-state index in [2.05, 4.69) is 19.2 Å². The maximum atomic E-state index is 12.9. The molecule has 0 aromatic rings. The molecule has 70 heavy (non-hydrogen) atoms. The van der Waals surface area contributed by atoms with Gasteiger partial charge in [0.2, 0.25) is 5.91 Å². The highest BCUT2D eigenvalue weighted by Crippen LogP contribution is 2.38. The van der Waals surface area contributed by atoms with Crippen LogP contribution in [0.15, 0.2) is 12.2 Å². The zero-order valence-corrected chi connectivity index (χ0v) is 48.6. The van der Waals surface area contributed by atoms with E-state index in [0.717, 1.165) is 38.5 Å². The highest BCUT2D eigenvalue weighted by molar-refractivity contribution is 7.45. The van der Waals surface area contributed by atoms with Gasteiger partial charge in [0.15, 0.2) is 0 Å². The van der Waals surface area contributed by atoms with Crippen molar-refractivity contribution in [1.82, 2.24) is 5.32 Å². The van der Waals surface area contributed by atoms with Crippen LogP contribution in [0.3, 0.4) is 0 Å². The average molecular weight is 1010 g/mol. The first-order valence-corrected chi connectivity index (χ1v) is 32.5. The molecule has 0 aromatic carbocycles. The number of hydrogen-bond donors (Lipinski definition) is 2. The van der Waals surface area contributed by atoms with Gasteiger partial charge in [-0.2, -0.15) is 0 Å². The van der Waals surface area contributed by atoms with E-state index in [9.17, 15) is 19.4 Å². The van der Waals surface area contributed by atoms with Gasteiger partial charge in [-0.15, -0.1) is 0 Å². The Bertz CT molecular complexity index is 1150. The van der Waals surface area contributed by atoms with Crippen LogP contribution in [0.25, 0.3) is 0 Å². The van der Waals surface area contributed by atoms with Crippen molar-refractivity contribution in [1.29, 1.82) is 0 Å². The van der Waals surface area contributed by atoms with Gasteiger partial charge in [0.1, 0.15) is 13.2 Å². The van der Waals surface area contributed by atoms with Crippen LogP contribution in [0, 0.1) is 0 Å². The van der Waals surface area contributed by atoms with Gasteiger partial charge in [-0.3, -0.25) is 9.36 Å². The first-order valence-electron chi connectivity index (χ1n) is 31.1. The lowest BCUT2D eigenvalue weighted by atomic mass is 10.0. The number of rotatable bonds is 58. The van der Waals surface area contributed by atoms with Crippen molar-refractivity contribution < 1.29 is 32.9 Å². The third kappa shape index (κ3) is 55.0. The molecule has 0 saturated heterocycles. The van der Waals surface area contributed by atoms with Crippen LogP contribution >= 0.6 is 7.82 Å². The number of amides is 1. The van der Waals surface area contributed by atoms with Crippen LogP contribution in [0.5, 0.6) is 0 Å². The molecule has 0 rings (SSSR count). The minimum Gasteiger partial charge on any atom is -0.756 e. The van der Waals surface area contributed by atoms with Crippen molar-refractivity contribution >= 4 is 13.7 Å². The van der Waals surface area contributed by atoms with Crippen LogP contribution in [-0.4, -0.2) is 68.5 Å². The normalized spacial score (nSPS) is 13.9. The topological polar surface area (TPSA) is 108 Å². The van der Waals surface area contributed by atoms with Crippen LogP contribution in [-0.2, 0) is 18.4 Å². The number of aliphatic hydroxyl groups is 1. The fraction of sp³-hybridized carbons (Fsp3) is 0.951. The summed E-state index contributed by atoms with van der Waals surface area (Å²) in [5, 5.41) is 13.8. The molecular weight excluding hydrogens is 888 g/mol. The van der Waals surface area contributed by atoms with Crippen LogP contribution in [0.4, 0.5) is 0 Å². The van der Waals surface area contributed by atoms with Crippen LogP contribution in [0.2, 0.25) is 0 Å². The number of allylic oxidation sites excluding steroid dienone is 1. The number of phosphoric acid groups is 1. The number of aliphatic hydroxyl groups excluding tert-OH is 1. The second kappa shape index (κ2) is 53.1. The van der Waals surface area contributed by atoms with Crippen molar-refractivity contribution in [3.8, 4) is 0 Å². The summed E-state index contributed by atoms with van der Waals surface area (Å²) in [6.07, 6.45) is 66.2. The summed E-state index contributed by atoms with van der Waals surface area (Å²) >= 11 is 0. The number of nitrogens with zero attached hydrogens (tertiary/aromatic N) is 1. The predicted octanol–water partition coefficient (Wildman–Crippen LogP) is 18.4. The first kappa shape index (κ1) is 69.2. The van der Waals surface area contributed by atoms with E-state index in [1.54, 1.807) is 6.08 Å². The van der Waals surface area contributed by atoms with E-state index < -0.39 is 20.0 Å². The molecule has 0 fully saturated rings. The summed E-state index contributed by atoms with van der Waals surface area (Å²) in [5.41, 5.74) is 0. The highest BCUT2D eigenvalue weighted by Gasteiger charge is 2.23. The monoisotopic (exact) mass is 1010 g/mol. The van der Waals surface area contributed by atoms with E-state index in [0.29, 0.717) is 17.4 Å².